The summed E-state index contributed by atoms with van der Waals surface area (Å²) in [6, 6.07) is 11.6. The summed E-state index contributed by atoms with van der Waals surface area (Å²) in [6.07, 6.45) is 7.10. The second-order valence-corrected chi connectivity index (χ2v) is 5.44. The highest BCUT2D eigenvalue weighted by Gasteiger charge is 2.05. The molecule has 3 nitrogen and oxygen atoms in total. The monoisotopic (exact) mass is 323 g/mol. The van der Waals surface area contributed by atoms with Crippen molar-refractivity contribution in [2.75, 3.05) is 7.05 Å². The zero-order valence-electron chi connectivity index (χ0n) is 13.0. The maximum atomic E-state index is 8.88. The maximum absolute atomic E-state index is 8.88. The number of halogens is 1. The van der Waals surface area contributed by atoms with Crippen LogP contribution < -0.4 is 5.32 Å². The molecule has 1 aromatic heterocycles. The summed E-state index contributed by atoms with van der Waals surface area (Å²) in [6.45, 7) is 3.71. The molecule has 0 amide bonds. The van der Waals surface area contributed by atoms with Crippen molar-refractivity contribution in [2.45, 2.75) is 12.8 Å². The first-order chi connectivity index (χ1) is 11.2. The minimum Gasteiger partial charge on any atom is -0.386 e. The molecule has 1 heterocycles. The second kappa shape index (κ2) is 8.17. The normalized spacial score (nSPS) is 10.9. The van der Waals surface area contributed by atoms with Crippen LogP contribution in [0.25, 0.3) is 5.70 Å². The average Bonchev–Trinajstić information content (AvgIpc) is 2.58. The predicted molar refractivity (Wildman–Crippen MR) is 95.0 cm³/mol. The van der Waals surface area contributed by atoms with Crippen LogP contribution in [0, 0.1) is 11.3 Å². The first-order valence-electron chi connectivity index (χ1n) is 7.32. The van der Waals surface area contributed by atoms with Gasteiger partial charge < -0.3 is 5.32 Å². The van der Waals surface area contributed by atoms with Crippen LogP contribution in [-0.4, -0.2) is 12.0 Å². The van der Waals surface area contributed by atoms with Crippen LogP contribution in [0.4, 0.5) is 0 Å². The predicted octanol–water partition coefficient (Wildman–Crippen LogP) is 4.14. The highest BCUT2D eigenvalue weighted by atomic mass is 35.5. The Morgan fingerprint density at radius 2 is 2.17 bits per heavy atom. The van der Waals surface area contributed by atoms with Gasteiger partial charge in [0.25, 0.3) is 0 Å². The van der Waals surface area contributed by atoms with E-state index in [4.69, 9.17) is 16.9 Å². The first-order valence-corrected chi connectivity index (χ1v) is 7.70. The number of hydrogen-bond donors (Lipinski definition) is 1. The Kier molecular flexibility index (Phi) is 5.96. The minimum absolute atomic E-state index is 0.582. The quantitative estimate of drug-likeness (QED) is 0.813. The fourth-order valence-corrected chi connectivity index (χ4v) is 2.57. The number of pyridine rings is 1. The van der Waals surface area contributed by atoms with Gasteiger partial charge in [-0.1, -0.05) is 30.3 Å². The lowest BCUT2D eigenvalue weighted by atomic mass is 10.0. The molecule has 0 aliphatic rings. The zero-order valence-corrected chi connectivity index (χ0v) is 13.8. The topological polar surface area (TPSA) is 48.7 Å². The Morgan fingerprint density at radius 3 is 2.83 bits per heavy atom. The number of benzene rings is 1. The number of nitrogens with one attached hydrogen (secondary N) is 1. The summed E-state index contributed by atoms with van der Waals surface area (Å²) < 4.78 is 0. The second-order valence-electron chi connectivity index (χ2n) is 5.03. The summed E-state index contributed by atoms with van der Waals surface area (Å²) in [5.74, 6) is 0. The van der Waals surface area contributed by atoms with Crippen molar-refractivity contribution in [2.24, 2.45) is 0 Å². The Morgan fingerprint density at radius 1 is 1.35 bits per heavy atom. The van der Waals surface area contributed by atoms with Crippen LogP contribution in [0.3, 0.4) is 0 Å². The first kappa shape index (κ1) is 16.8. The van der Waals surface area contributed by atoms with Gasteiger partial charge in [-0.05, 0) is 54.3 Å². The van der Waals surface area contributed by atoms with Gasteiger partial charge >= 0.3 is 0 Å². The van der Waals surface area contributed by atoms with Gasteiger partial charge in [0, 0.05) is 18.3 Å². The van der Waals surface area contributed by atoms with Gasteiger partial charge in [-0.3, -0.25) is 4.98 Å². The van der Waals surface area contributed by atoms with E-state index in [-0.39, 0.29) is 0 Å². The van der Waals surface area contributed by atoms with Gasteiger partial charge in [0.1, 0.15) is 0 Å². The van der Waals surface area contributed by atoms with Gasteiger partial charge in [0.05, 0.1) is 23.0 Å². The average molecular weight is 324 g/mol. The maximum Gasteiger partial charge on any atom is 0.0992 e. The van der Waals surface area contributed by atoms with E-state index in [1.165, 1.54) is 5.56 Å². The van der Waals surface area contributed by atoms with Crippen molar-refractivity contribution in [3.05, 3.63) is 82.7 Å². The van der Waals surface area contributed by atoms with Gasteiger partial charge in [-0.15, -0.1) is 0 Å². The molecule has 0 aliphatic carbocycles. The minimum atomic E-state index is 0.582. The Balaban J connectivity index is 2.14. The molecule has 2 aromatic rings. The third-order valence-corrected chi connectivity index (χ3v) is 3.87. The summed E-state index contributed by atoms with van der Waals surface area (Å²) in [4.78, 5) is 4.38. The summed E-state index contributed by atoms with van der Waals surface area (Å²) >= 11 is 6.23. The zero-order chi connectivity index (χ0) is 16.7. The molecule has 23 heavy (non-hydrogen) atoms. The summed E-state index contributed by atoms with van der Waals surface area (Å²) in [5.41, 5.74) is 4.62. The SMILES string of the molecule is C=C/C=C(\NC)c1cc(CCc2ccc(C#N)cc2Cl)ccn1. The molecule has 1 N–H and O–H groups in total. The largest absolute Gasteiger partial charge is 0.386 e. The molecular formula is C19H18ClN3. The van der Waals surface area contributed by atoms with E-state index in [0.717, 1.165) is 29.8 Å². The molecule has 0 bridgehead atoms. The van der Waals surface area contributed by atoms with E-state index >= 15 is 0 Å². The standard InChI is InChI=1S/C19H18ClN3/c1-3-4-18(22-2)19-12-14(9-10-23-19)5-7-16-8-6-15(13-21)11-17(16)20/h3-4,6,8-12,22H,1,5,7H2,2H3/b18-4-. The van der Waals surface area contributed by atoms with E-state index in [1.54, 1.807) is 24.4 Å². The molecule has 0 atom stereocenters. The molecule has 0 aliphatic heterocycles. The molecule has 2 rings (SSSR count). The van der Waals surface area contributed by atoms with Gasteiger partial charge in [-0.2, -0.15) is 5.26 Å². The van der Waals surface area contributed by atoms with Crippen LogP contribution in [0.5, 0.6) is 0 Å². The van der Waals surface area contributed by atoms with Gasteiger partial charge in [0.2, 0.25) is 0 Å². The number of aryl methyl sites for hydroxylation is 2. The van der Waals surface area contributed by atoms with E-state index in [2.05, 4.69) is 29.0 Å². The van der Waals surface area contributed by atoms with Crippen LogP contribution in [-0.2, 0) is 12.8 Å². The number of hydrogen-bond acceptors (Lipinski definition) is 3. The summed E-state index contributed by atoms with van der Waals surface area (Å²) in [7, 11) is 1.86. The van der Waals surface area contributed by atoms with Gasteiger partial charge in [0.15, 0.2) is 0 Å². The molecule has 4 heteroatoms. The lowest BCUT2D eigenvalue weighted by Crippen LogP contribution is -2.06. The molecular weight excluding hydrogens is 306 g/mol. The van der Waals surface area contributed by atoms with Crippen molar-refractivity contribution < 1.29 is 0 Å². The van der Waals surface area contributed by atoms with Crippen molar-refractivity contribution in [1.82, 2.24) is 10.3 Å². The number of nitriles is 1. The van der Waals surface area contributed by atoms with E-state index in [0.29, 0.717) is 10.6 Å². The Hall–Kier alpha value is -2.57. The third kappa shape index (κ3) is 4.45. The molecule has 1 aromatic carbocycles. The Bertz CT molecular complexity index is 772. The number of rotatable bonds is 6. The van der Waals surface area contributed by atoms with Crippen molar-refractivity contribution in [1.29, 1.82) is 5.26 Å². The van der Waals surface area contributed by atoms with E-state index in [1.807, 2.05) is 25.3 Å². The molecule has 0 radical (unpaired) electrons. The molecule has 0 saturated carbocycles. The molecule has 0 spiro atoms. The third-order valence-electron chi connectivity index (χ3n) is 3.52. The molecule has 0 saturated heterocycles. The van der Waals surface area contributed by atoms with Crippen LogP contribution >= 0.6 is 11.6 Å². The Labute approximate surface area is 141 Å². The van der Waals surface area contributed by atoms with E-state index in [9.17, 15) is 0 Å². The van der Waals surface area contributed by atoms with Crippen LogP contribution in [0.15, 0.2) is 55.3 Å². The lowest BCUT2D eigenvalue weighted by Gasteiger charge is -2.09. The van der Waals surface area contributed by atoms with Crippen LogP contribution in [0.2, 0.25) is 5.02 Å². The van der Waals surface area contributed by atoms with E-state index < -0.39 is 0 Å². The van der Waals surface area contributed by atoms with Crippen molar-refractivity contribution in [3.8, 4) is 6.07 Å². The summed E-state index contributed by atoms with van der Waals surface area (Å²) in [5, 5.41) is 12.6. The van der Waals surface area contributed by atoms with Crippen molar-refractivity contribution >= 4 is 17.3 Å². The lowest BCUT2D eigenvalue weighted by molar-refractivity contribution is 0.950. The molecule has 0 unspecified atom stereocenters. The highest BCUT2D eigenvalue weighted by molar-refractivity contribution is 6.31. The number of allylic oxidation sites excluding steroid dienone is 2. The fraction of sp³-hybridized carbons (Fsp3) is 0.158. The fourth-order valence-electron chi connectivity index (χ4n) is 2.29. The van der Waals surface area contributed by atoms with Crippen LogP contribution in [0.1, 0.15) is 22.4 Å². The van der Waals surface area contributed by atoms with Gasteiger partial charge in [-0.25, -0.2) is 0 Å². The highest BCUT2D eigenvalue weighted by Crippen LogP contribution is 2.20. The smallest absolute Gasteiger partial charge is 0.0992 e. The molecule has 116 valence electrons. The number of nitrogens with zero attached hydrogens (tertiary/aromatic N) is 2. The molecule has 0 fully saturated rings. The van der Waals surface area contributed by atoms with Crippen molar-refractivity contribution in [3.63, 3.8) is 0 Å². The number of aromatic nitrogens is 1.